The molecule has 0 saturated carbocycles. The second-order valence-corrected chi connectivity index (χ2v) is 6.18. The van der Waals surface area contributed by atoms with E-state index in [1.807, 2.05) is 0 Å². The number of aliphatic hydroxyl groups is 1. The van der Waals surface area contributed by atoms with Gasteiger partial charge in [0.1, 0.15) is 0 Å². The van der Waals surface area contributed by atoms with Crippen LogP contribution in [-0.2, 0) is 0 Å². The topological polar surface area (TPSA) is 20.2 Å². The Hall–Kier alpha value is 0.509. The predicted octanol–water partition coefficient (Wildman–Crippen LogP) is 3.15. The minimum absolute atomic E-state index is 0.152. The molecule has 0 aliphatic carbocycles. The fourth-order valence-corrected chi connectivity index (χ4v) is 3.00. The second-order valence-electron chi connectivity index (χ2n) is 2.88. The molecule has 13 heavy (non-hydrogen) atoms. The fraction of sp³-hybridized carbons (Fsp3) is 0.800. The summed E-state index contributed by atoms with van der Waals surface area (Å²) in [7, 11) is 0. The van der Waals surface area contributed by atoms with Gasteiger partial charge in [-0.2, -0.15) is 0 Å². The Bertz CT molecular complexity index is 157. The molecule has 0 saturated heterocycles. The average molecular weight is 270 g/mol. The molecule has 0 amide bonds. The summed E-state index contributed by atoms with van der Waals surface area (Å²) in [6.07, 6.45) is 4.55. The van der Waals surface area contributed by atoms with E-state index in [1.54, 1.807) is 0 Å². The molecule has 0 atom stereocenters. The Morgan fingerprint density at radius 3 is 2.46 bits per heavy atom. The first-order valence-electron chi connectivity index (χ1n) is 4.87. The van der Waals surface area contributed by atoms with E-state index >= 15 is 0 Å². The number of allylic oxidation sites excluding steroid dienone is 1. The molecule has 0 fully saturated rings. The number of rotatable bonds is 7. The molecule has 78 valence electrons. The van der Waals surface area contributed by atoms with E-state index in [9.17, 15) is 0 Å². The van der Waals surface area contributed by atoms with Crippen molar-refractivity contribution < 1.29 is 5.11 Å². The molecule has 3 heteroatoms. The Labute approximate surface area is 92.7 Å². The van der Waals surface area contributed by atoms with Gasteiger partial charge in [-0.3, -0.25) is 0 Å². The van der Waals surface area contributed by atoms with E-state index in [0.29, 0.717) is 15.0 Å². The van der Waals surface area contributed by atoms with Crippen molar-refractivity contribution >= 4 is 26.6 Å². The quantitative estimate of drug-likeness (QED) is 0.556. The van der Waals surface area contributed by atoms with Crippen LogP contribution in [0.15, 0.2) is 9.50 Å². The van der Waals surface area contributed by atoms with Gasteiger partial charge in [0.25, 0.3) is 0 Å². The molecule has 0 rings (SSSR count). The van der Waals surface area contributed by atoms with Crippen molar-refractivity contribution in [3.8, 4) is 0 Å². The standard InChI is InChI=1S/C10H19ClOSe/c1-3-5-6-7-9(11)10(8-12)13-4-2/h12H,3-8H2,1-2H3/b10-9-. The number of unbranched alkanes of at least 4 members (excludes halogenated alkanes) is 2. The number of halogens is 1. The van der Waals surface area contributed by atoms with Gasteiger partial charge in [-0.25, -0.2) is 0 Å². The second kappa shape index (κ2) is 9.08. The molecule has 0 unspecified atom stereocenters. The molecule has 1 nitrogen and oxygen atoms in total. The third-order valence-electron chi connectivity index (χ3n) is 1.76. The van der Waals surface area contributed by atoms with E-state index in [-0.39, 0.29) is 6.61 Å². The van der Waals surface area contributed by atoms with E-state index in [0.717, 1.165) is 27.7 Å². The summed E-state index contributed by atoms with van der Waals surface area (Å²) in [6, 6.07) is 0. The molecule has 0 aromatic rings. The van der Waals surface area contributed by atoms with Gasteiger partial charge < -0.3 is 0 Å². The zero-order valence-electron chi connectivity index (χ0n) is 8.48. The Kier molecular flexibility index (Phi) is 9.44. The van der Waals surface area contributed by atoms with Crippen molar-refractivity contribution in [2.24, 2.45) is 0 Å². The molecule has 0 heterocycles. The Morgan fingerprint density at radius 2 is 2.00 bits per heavy atom. The monoisotopic (exact) mass is 270 g/mol. The number of aliphatic hydroxyl groups excluding tert-OH is 1. The van der Waals surface area contributed by atoms with Crippen molar-refractivity contribution in [2.75, 3.05) is 6.61 Å². The molecule has 0 radical (unpaired) electrons. The van der Waals surface area contributed by atoms with Gasteiger partial charge in [0.15, 0.2) is 0 Å². The van der Waals surface area contributed by atoms with E-state index in [1.165, 1.54) is 12.8 Å². The summed E-state index contributed by atoms with van der Waals surface area (Å²) in [5.74, 6) is 0. The molecule has 0 spiro atoms. The third kappa shape index (κ3) is 6.56. The minimum atomic E-state index is 0.152. The molecule has 0 aromatic heterocycles. The van der Waals surface area contributed by atoms with Crippen molar-refractivity contribution in [3.63, 3.8) is 0 Å². The van der Waals surface area contributed by atoms with Gasteiger partial charge in [0.05, 0.1) is 0 Å². The molecular weight excluding hydrogens is 251 g/mol. The SMILES string of the molecule is CCCCC/C(Cl)=C(\CO)[Se]CC. The molecule has 0 bridgehead atoms. The van der Waals surface area contributed by atoms with Gasteiger partial charge >= 0.3 is 92.6 Å². The number of hydrogen-bond donors (Lipinski definition) is 1. The van der Waals surface area contributed by atoms with Crippen molar-refractivity contribution in [3.05, 3.63) is 9.50 Å². The first-order chi connectivity index (χ1) is 6.26. The van der Waals surface area contributed by atoms with E-state index in [2.05, 4.69) is 13.8 Å². The molecule has 1 N–H and O–H groups in total. The molecule has 0 aromatic carbocycles. The van der Waals surface area contributed by atoms with Crippen LogP contribution in [0.4, 0.5) is 0 Å². The van der Waals surface area contributed by atoms with Crippen LogP contribution in [0.5, 0.6) is 0 Å². The van der Waals surface area contributed by atoms with Gasteiger partial charge in [0.2, 0.25) is 0 Å². The normalized spacial score (nSPS) is 12.9. The van der Waals surface area contributed by atoms with E-state index in [4.69, 9.17) is 16.7 Å². The molecule has 0 aliphatic heterocycles. The zero-order chi connectivity index (χ0) is 10.1. The summed E-state index contributed by atoms with van der Waals surface area (Å²) in [4.78, 5) is 0. The van der Waals surface area contributed by atoms with Gasteiger partial charge in [0, 0.05) is 0 Å². The summed E-state index contributed by atoms with van der Waals surface area (Å²) < 4.78 is 1.09. The summed E-state index contributed by atoms with van der Waals surface area (Å²) in [5, 5.41) is 11.1. The van der Waals surface area contributed by atoms with Crippen LogP contribution >= 0.6 is 11.6 Å². The Morgan fingerprint density at radius 1 is 1.31 bits per heavy atom. The fourth-order valence-electron chi connectivity index (χ4n) is 1.05. The van der Waals surface area contributed by atoms with Crippen molar-refractivity contribution in [1.82, 2.24) is 0 Å². The van der Waals surface area contributed by atoms with Crippen LogP contribution in [-0.4, -0.2) is 26.7 Å². The van der Waals surface area contributed by atoms with Gasteiger partial charge in [-0.05, 0) is 0 Å². The maximum absolute atomic E-state index is 9.06. The van der Waals surface area contributed by atoms with Gasteiger partial charge in [-0.15, -0.1) is 0 Å². The van der Waals surface area contributed by atoms with Crippen molar-refractivity contribution in [2.45, 2.75) is 44.9 Å². The molecular formula is C10H19ClOSe. The van der Waals surface area contributed by atoms with E-state index < -0.39 is 0 Å². The van der Waals surface area contributed by atoms with Crippen LogP contribution in [0.2, 0.25) is 5.32 Å². The third-order valence-corrected chi connectivity index (χ3v) is 4.56. The summed E-state index contributed by atoms with van der Waals surface area (Å²) >= 11 is 6.50. The van der Waals surface area contributed by atoms with Crippen LogP contribution in [0.3, 0.4) is 0 Å². The van der Waals surface area contributed by atoms with Crippen LogP contribution in [0.25, 0.3) is 0 Å². The first kappa shape index (κ1) is 13.5. The van der Waals surface area contributed by atoms with Crippen LogP contribution < -0.4 is 0 Å². The summed E-state index contributed by atoms with van der Waals surface area (Å²) in [6.45, 7) is 4.46. The first-order valence-corrected chi connectivity index (χ1v) is 7.32. The van der Waals surface area contributed by atoms with Crippen LogP contribution in [0, 0.1) is 0 Å². The maximum atomic E-state index is 9.06. The van der Waals surface area contributed by atoms with Crippen molar-refractivity contribution in [1.29, 1.82) is 0 Å². The number of hydrogen-bond acceptors (Lipinski definition) is 1. The summed E-state index contributed by atoms with van der Waals surface area (Å²) in [5.41, 5.74) is 0. The van der Waals surface area contributed by atoms with Crippen LogP contribution in [0.1, 0.15) is 39.5 Å². The average Bonchev–Trinajstić information content (AvgIpc) is 2.14. The Balaban J connectivity index is 3.89. The molecule has 0 aliphatic rings. The zero-order valence-corrected chi connectivity index (χ0v) is 10.9. The van der Waals surface area contributed by atoms with Gasteiger partial charge in [-0.1, -0.05) is 0 Å². The predicted molar refractivity (Wildman–Crippen MR) is 60.3 cm³/mol.